The number of nitrogens with two attached hydrogens (primary N) is 1. The maximum absolute atomic E-state index is 12.3. The van der Waals surface area contributed by atoms with Gasteiger partial charge in [-0.25, -0.2) is 9.59 Å². The quantitative estimate of drug-likeness (QED) is 0.641. The maximum atomic E-state index is 12.3. The first-order valence-corrected chi connectivity index (χ1v) is 7.19. The molecule has 0 aromatic carbocycles. The summed E-state index contributed by atoms with van der Waals surface area (Å²) in [4.78, 5) is 35.8. The lowest BCUT2D eigenvalue weighted by atomic mass is 10.1. The van der Waals surface area contributed by atoms with Crippen LogP contribution in [0.15, 0.2) is 0 Å². The second-order valence-electron chi connectivity index (χ2n) is 5.45. The van der Waals surface area contributed by atoms with Gasteiger partial charge in [-0.05, 0) is 25.7 Å². The normalized spacial score (nSPS) is 26.0. The Bertz CT molecular complexity index is 428. The molecule has 1 aliphatic heterocycles. The third kappa shape index (κ3) is 3.84. The number of carboxylic acids is 1. The van der Waals surface area contributed by atoms with Gasteiger partial charge in [-0.1, -0.05) is 0 Å². The van der Waals surface area contributed by atoms with E-state index in [9.17, 15) is 14.4 Å². The van der Waals surface area contributed by atoms with Crippen LogP contribution in [-0.2, 0) is 14.3 Å². The standard InChI is InChI=1S/C13H21N3O5/c14-11(17)5-4-8(12(18)19)15-13(20)16-6-7-21-10-3-1-2-9(10)16/h8-10H,1-7H2,(H2,14,17)(H,15,20)(H,18,19)/t8-,9?,10?/m0/s1. The van der Waals surface area contributed by atoms with Gasteiger partial charge in [0.25, 0.3) is 0 Å². The van der Waals surface area contributed by atoms with Crippen molar-refractivity contribution in [3.8, 4) is 0 Å². The lowest BCUT2D eigenvalue weighted by Crippen LogP contribution is -2.57. The van der Waals surface area contributed by atoms with Gasteiger partial charge in [0.1, 0.15) is 6.04 Å². The van der Waals surface area contributed by atoms with E-state index in [1.54, 1.807) is 4.90 Å². The van der Waals surface area contributed by atoms with E-state index in [-0.39, 0.29) is 25.0 Å². The fraction of sp³-hybridized carbons (Fsp3) is 0.769. The minimum Gasteiger partial charge on any atom is -0.480 e. The summed E-state index contributed by atoms with van der Waals surface area (Å²) in [5, 5.41) is 11.6. The first-order chi connectivity index (χ1) is 9.99. The zero-order chi connectivity index (χ0) is 15.4. The van der Waals surface area contributed by atoms with Crippen LogP contribution < -0.4 is 11.1 Å². The lowest BCUT2D eigenvalue weighted by molar-refractivity contribution is -0.139. The highest BCUT2D eigenvalue weighted by Gasteiger charge is 2.39. The van der Waals surface area contributed by atoms with Crippen LogP contribution in [0.5, 0.6) is 0 Å². The third-order valence-corrected chi connectivity index (χ3v) is 4.02. The first-order valence-electron chi connectivity index (χ1n) is 7.19. The Morgan fingerprint density at radius 2 is 2.14 bits per heavy atom. The molecule has 1 aliphatic carbocycles. The smallest absolute Gasteiger partial charge is 0.326 e. The average molecular weight is 299 g/mol. The van der Waals surface area contributed by atoms with Crippen LogP contribution in [0.4, 0.5) is 4.79 Å². The van der Waals surface area contributed by atoms with Gasteiger partial charge >= 0.3 is 12.0 Å². The molecule has 2 unspecified atom stereocenters. The van der Waals surface area contributed by atoms with Crippen molar-refractivity contribution < 1.29 is 24.2 Å². The van der Waals surface area contributed by atoms with E-state index < -0.39 is 23.9 Å². The number of amides is 3. The molecule has 8 heteroatoms. The Labute approximate surface area is 122 Å². The van der Waals surface area contributed by atoms with Gasteiger partial charge in [-0.15, -0.1) is 0 Å². The molecule has 0 aromatic rings. The summed E-state index contributed by atoms with van der Waals surface area (Å²) < 4.78 is 5.61. The molecule has 3 amide bonds. The molecule has 1 saturated heterocycles. The van der Waals surface area contributed by atoms with E-state index in [0.717, 1.165) is 19.3 Å². The van der Waals surface area contributed by atoms with Crippen LogP contribution >= 0.6 is 0 Å². The molecule has 21 heavy (non-hydrogen) atoms. The number of urea groups is 1. The van der Waals surface area contributed by atoms with Crippen LogP contribution in [0, 0.1) is 0 Å². The van der Waals surface area contributed by atoms with Gasteiger partial charge in [-0.2, -0.15) is 0 Å². The topological polar surface area (TPSA) is 122 Å². The number of fused-ring (bicyclic) bond motifs is 1. The average Bonchev–Trinajstić information content (AvgIpc) is 2.90. The SMILES string of the molecule is NC(=O)CC[C@H](NC(=O)N1CCOC2CCCC21)C(=O)O. The molecule has 2 aliphatic rings. The number of primary amides is 1. The van der Waals surface area contributed by atoms with Crippen molar-refractivity contribution in [2.75, 3.05) is 13.2 Å². The van der Waals surface area contributed by atoms with Crippen molar-refractivity contribution >= 4 is 17.9 Å². The van der Waals surface area contributed by atoms with Crippen molar-refractivity contribution in [1.29, 1.82) is 0 Å². The zero-order valence-electron chi connectivity index (χ0n) is 11.8. The molecular weight excluding hydrogens is 278 g/mol. The summed E-state index contributed by atoms with van der Waals surface area (Å²) in [5.41, 5.74) is 5.01. The van der Waals surface area contributed by atoms with Crippen LogP contribution in [0.1, 0.15) is 32.1 Å². The van der Waals surface area contributed by atoms with Gasteiger partial charge in [0.15, 0.2) is 0 Å². The molecule has 8 nitrogen and oxygen atoms in total. The molecule has 1 saturated carbocycles. The van der Waals surface area contributed by atoms with E-state index in [0.29, 0.717) is 13.2 Å². The van der Waals surface area contributed by atoms with Gasteiger partial charge in [0.05, 0.1) is 18.8 Å². The van der Waals surface area contributed by atoms with Crippen molar-refractivity contribution in [3.05, 3.63) is 0 Å². The largest absolute Gasteiger partial charge is 0.480 e. The molecular formula is C13H21N3O5. The molecule has 118 valence electrons. The molecule has 2 rings (SSSR count). The summed E-state index contributed by atoms with van der Waals surface area (Å²) >= 11 is 0. The summed E-state index contributed by atoms with van der Waals surface area (Å²) in [6, 6.07) is -1.50. The molecule has 2 fully saturated rings. The van der Waals surface area contributed by atoms with E-state index in [1.807, 2.05) is 0 Å². The van der Waals surface area contributed by atoms with Gasteiger partial charge in [0.2, 0.25) is 5.91 Å². The van der Waals surface area contributed by atoms with Crippen LogP contribution in [0.2, 0.25) is 0 Å². The van der Waals surface area contributed by atoms with Crippen molar-refractivity contribution in [2.24, 2.45) is 5.73 Å². The van der Waals surface area contributed by atoms with Crippen molar-refractivity contribution in [2.45, 2.75) is 50.3 Å². The molecule has 0 spiro atoms. The maximum Gasteiger partial charge on any atom is 0.326 e. The van der Waals surface area contributed by atoms with E-state index in [1.165, 1.54) is 0 Å². The molecule has 1 heterocycles. The molecule has 0 aromatic heterocycles. The molecule has 4 N–H and O–H groups in total. The predicted octanol–water partition coefficient (Wildman–Crippen LogP) is -0.332. The Morgan fingerprint density at radius 1 is 1.38 bits per heavy atom. The van der Waals surface area contributed by atoms with Gasteiger partial charge < -0.3 is 25.8 Å². The minimum atomic E-state index is -1.17. The number of carbonyl (C=O) groups excluding carboxylic acids is 2. The number of rotatable bonds is 5. The molecule has 0 bridgehead atoms. The Hall–Kier alpha value is -1.83. The second kappa shape index (κ2) is 6.75. The number of hydrogen-bond acceptors (Lipinski definition) is 4. The third-order valence-electron chi connectivity index (χ3n) is 4.02. The Balaban J connectivity index is 1.94. The highest BCUT2D eigenvalue weighted by molar-refractivity contribution is 5.83. The van der Waals surface area contributed by atoms with E-state index >= 15 is 0 Å². The highest BCUT2D eigenvalue weighted by Crippen LogP contribution is 2.29. The van der Waals surface area contributed by atoms with Crippen LogP contribution in [0.25, 0.3) is 0 Å². The monoisotopic (exact) mass is 299 g/mol. The fourth-order valence-corrected chi connectivity index (χ4v) is 2.95. The Morgan fingerprint density at radius 3 is 2.81 bits per heavy atom. The van der Waals surface area contributed by atoms with Crippen molar-refractivity contribution in [1.82, 2.24) is 10.2 Å². The number of nitrogens with zero attached hydrogens (tertiary/aromatic N) is 1. The first kappa shape index (κ1) is 15.6. The number of aliphatic carboxylic acids is 1. The Kier molecular flexibility index (Phi) is 5.00. The highest BCUT2D eigenvalue weighted by atomic mass is 16.5. The molecule has 3 atom stereocenters. The fourth-order valence-electron chi connectivity index (χ4n) is 2.95. The minimum absolute atomic E-state index is 0.00512. The number of ether oxygens (including phenoxy) is 1. The van der Waals surface area contributed by atoms with Crippen LogP contribution in [0.3, 0.4) is 0 Å². The van der Waals surface area contributed by atoms with Gasteiger partial charge in [0, 0.05) is 13.0 Å². The van der Waals surface area contributed by atoms with Crippen LogP contribution in [-0.4, -0.2) is 59.3 Å². The zero-order valence-corrected chi connectivity index (χ0v) is 11.8. The van der Waals surface area contributed by atoms with Gasteiger partial charge in [-0.3, -0.25) is 4.79 Å². The summed E-state index contributed by atoms with van der Waals surface area (Å²) in [6.07, 6.45) is 2.78. The summed E-state index contributed by atoms with van der Waals surface area (Å²) in [7, 11) is 0. The number of carbonyl (C=O) groups is 3. The summed E-state index contributed by atoms with van der Waals surface area (Å²) in [5.74, 6) is -1.75. The van der Waals surface area contributed by atoms with Crippen molar-refractivity contribution in [3.63, 3.8) is 0 Å². The lowest BCUT2D eigenvalue weighted by Gasteiger charge is -2.38. The number of hydrogen-bond donors (Lipinski definition) is 3. The van der Waals surface area contributed by atoms with E-state index in [4.69, 9.17) is 15.6 Å². The predicted molar refractivity (Wildman–Crippen MR) is 72.5 cm³/mol. The number of morpholine rings is 1. The number of nitrogens with one attached hydrogen (secondary N) is 1. The molecule has 0 radical (unpaired) electrons. The summed E-state index contributed by atoms with van der Waals surface area (Å²) in [6.45, 7) is 0.919. The second-order valence-corrected chi connectivity index (χ2v) is 5.45. The number of carboxylic acid groups (broad SMARTS) is 1. The van der Waals surface area contributed by atoms with E-state index in [2.05, 4.69) is 5.32 Å².